The number of amides is 1. The zero-order valence-electron chi connectivity index (χ0n) is 17.9. The monoisotopic (exact) mass is 467 g/mol. The van der Waals surface area contributed by atoms with Gasteiger partial charge in [-0.05, 0) is 49.2 Å². The molecule has 1 aliphatic rings. The Kier molecular flexibility index (Phi) is 5.26. The number of aromatic amines is 1. The molecule has 8 nitrogen and oxygen atoms in total. The van der Waals surface area contributed by atoms with Crippen LogP contribution in [-0.4, -0.2) is 46.3 Å². The first-order chi connectivity index (χ1) is 15.8. The van der Waals surface area contributed by atoms with Gasteiger partial charge in [0, 0.05) is 37.6 Å². The van der Waals surface area contributed by atoms with Crippen molar-refractivity contribution in [3.05, 3.63) is 66.2 Å². The minimum Gasteiger partial charge on any atom is -0.345 e. The molecule has 0 spiro atoms. The van der Waals surface area contributed by atoms with Crippen molar-refractivity contribution in [2.45, 2.75) is 17.7 Å². The molecule has 0 bridgehead atoms. The number of benzene rings is 2. The molecule has 5 rings (SSSR count). The van der Waals surface area contributed by atoms with Crippen molar-refractivity contribution < 1.29 is 17.6 Å². The lowest BCUT2D eigenvalue weighted by atomic mass is 10.2. The van der Waals surface area contributed by atoms with Crippen LogP contribution >= 0.6 is 0 Å². The lowest BCUT2D eigenvalue weighted by Crippen LogP contribution is -2.27. The molecule has 4 aromatic rings. The average molecular weight is 468 g/mol. The smallest absolute Gasteiger partial charge is 0.272 e. The van der Waals surface area contributed by atoms with Gasteiger partial charge in [0.1, 0.15) is 22.2 Å². The lowest BCUT2D eigenvalue weighted by Gasteiger charge is -2.13. The first-order valence-electron chi connectivity index (χ1n) is 10.5. The van der Waals surface area contributed by atoms with Crippen molar-refractivity contribution in [1.29, 1.82) is 0 Å². The predicted molar refractivity (Wildman–Crippen MR) is 123 cm³/mol. The van der Waals surface area contributed by atoms with Crippen molar-refractivity contribution >= 4 is 32.7 Å². The van der Waals surface area contributed by atoms with Crippen LogP contribution in [0.2, 0.25) is 0 Å². The Morgan fingerprint density at radius 1 is 1.12 bits per heavy atom. The maximum atomic E-state index is 13.5. The van der Waals surface area contributed by atoms with E-state index in [1.165, 1.54) is 33.3 Å². The number of nitrogens with zero attached hydrogens (tertiary/aromatic N) is 3. The summed E-state index contributed by atoms with van der Waals surface area (Å²) in [6.45, 7) is 1.00. The molecule has 0 atom stereocenters. The summed E-state index contributed by atoms with van der Waals surface area (Å²) in [5.74, 6) is -0.258. The number of nitrogens with one attached hydrogen (secondary N) is 2. The third kappa shape index (κ3) is 4.03. The number of aromatic nitrogens is 3. The molecule has 1 aliphatic heterocycles. The van der Waals surface area contributed by atoms with Crippen molar-refractivity contribution in [3.63, 3.8) is 0 Å². The fourth-order valence-electron chi connectivity index (χ4n) is 4.03. The van der Waals surface area contributed by atoms with Gasteiger partial charge in [-0.15, -0.1) is 0 Å². The standard InChI is InChI=1S/C23H22FN5O3S/c1-28-14-18(33(31,32)29-9-2-3-10-29)13-21(28)23(30)25-17-7-8-19-20(12-17)27-22(26-19)15-5-4-6-16(24)11-15/h4-8,11-14H,2-3,9-10H2,1H3,(H,25,30)(H,26,27). The second-order valence-electron chi connectivity index (χ2n) is 8.06. The molecule has 0 saturated carbocycles. The second-order valence-corrected chi connectivity index (χ2v) is 10.0. The van der Waals surface area contributed by atoms with Crippen LogP contribution in [0.4, 0.5) is 10.1 Å². The highest BCUT2D eigenvalue weighted by Crippen LogP contribution is 2.25. The van der Waals surface area contributed by atoms with E-state index in [9.17, 15) is 17.6 Å². The number of fused-ring (bicyclic) bond motifs is 1. The van der Waals surface area contributed by atoms with E-state index in [0.717, 1.165) is 12.8 Å². The van der Waals surface area contributed by atoms with E-state index in [-0.39, 0.29) is 16.4 Å². The third-order valence-electron chi connectivity index (χ3n) is 5.75. The van der Waals surface area contributed by atoms with Gasteiger partial charge in [0.05, 0.1) is 11.0 Å². The largest absolute Gasteiger partial charge is 0.345 e. The number of aryl methyl sites for hydroxylation is 1. The fourth-order valence-corrected chi connectivity index (χ4v) is 5.62. The summed E-state index contributed by atoms with van der Waals surface area (Å²) >= 11 is 0. The lowest BCUT2D eigenvalue weighted by molar-refractivity contribution is 0.101. The Morgan fingerprint density at radius 2 is 1.91 bits per heavy atom. The minimum atomic E-state index is -3.61. The molecular weight excluding hydrogens is 445 g/mol. The Hall–Kier alpha value is -3.50. The molecular formula is C23H22FN5O3S. The number of hydrogen-bond donors (Lipinski definition) is 2. The van der Waals surface area contributed by atoms with E-state index in [0.29, 0.717) is 41.2 Å². The number of anilines is 1. The number of hydrogen-bond acceptors (Lipinski definition) is 4. The summed E-state index contributed by atoms with van der Waals surface area (Å²) < 4.78 is 42.1. The number of carbonyl (C=O) groups is 1. The molecule has 0 radical (unpaired) electrons. The SMILES string of the molecule is Cn1cc(S(=O)(=O)N2CCCC2)cc1C(=O)Nc1ccc2nc(-c3cccc(F)c3)[nH]c2c1. The third-order valence-corrected chi connectivity index (χ3v) is 7.62. The van der Waals surface area contributed by atoms with E-state index in [1.54, 1.807) is 37.4 Å². The van der Waals surface area contributed by atoms with Crippen molar-refractivity contribution in [2.75, 3.05) is 18.4 Å². The van der Waals surface area contributed by atoms with Crippen molar-refractivity contribution in [2.24, 2.45) is 7.05 Å². The molecule has 1 fully saturated rings. The molecule has 2 N–H and O–H groups in total. The van der Waals surface area contributed by atoms with E-state index in [1.807, 2.05) is 0 Å². The maximum Gasteiger partial charge on any atom is 0.272 e. The zero-order chi connectivity index (χ0) is 23.2. The topological polar surface area (TPSA) is 100 Å². The van der Waals surface area contributed by atoms with Gasteiger partial charge in [-0.25, -0.2) is 17.8 Å². The van der Waals surface area contributed by atoms with Gasteiger partial charge < -0.3 is 14.9 Å². The van der Waals surface area contributed by atoms with E-state index < -0.39 is 15.9 Å². The second kappa shape index (κ2) is 8.13. The number of imidazole rings is 1. The fraction of sp³-hybridized carbons (Fsp3) is 0.217. The molecule has 1 saturated heterocycles. The van der Waals surface area contributed by atoms with E-state index in [4.69, 9.17) is 0 Å². The predicted octanol–water partition coefficient (Wildman–Crippen LogP) is 3.74. The summed E-state index contributed by atoms with van der Waals surface area (Å²) in [7, 11) is -1.97. The van der Waals surface area contributed by atoms with E-state index >= 15 is 0 Å². The first-order valence-corrected chi connectivity index (χ1v) is 12.0. The molecule has 3 heterocycles. The number of carbonyl (C=O) groups excluding carboxylic acids is 1. The molecule has 0 aliphatic carbocycles. The molecule has 1 amide bonds. The molecule has 10 heteroatoms. The maximum absolute atomic E-state index is 13.5. The molecule has 2 aromatic carbocycles. The Morgan fingerprint density at radius 3 is 2.67 bits per heavy atom. The van der Waals surface area contributed by atoms with Gasteiger partial charge in [-0.2, -0.15) is 4.31 Å². The highest BCUT2D eigenvalue weighted by molar-refractivity contribution is 7.89. The quantitative estimate of drug-likeness (QED) is 0.467. The zero-order valence-corrected chi connectivity index (χ0v) is 18.7. The van der Waals surface area contributed by atoms with Crippen molar-refractivity contribution in [1.82, 2.24) is 18.8 Å². The number of H-pyrrole nitrogens is 1. The Bertz CT molecular complexity index is 1470. The van der Waals surface area contributed by atoms with Crippen LogP contribution in [0.15, 0.2) is 59.6 Å². The van der Waals surface area contributed by atoms with Gasteiger partial charge in [0.2, 0.25) is 10.0 Å². The van der Waals surface area contributed by atoms with Crippen molar-refractivity contribution in [3.8, 4) is 11.4 Å². The van der Waals surface area contributed by atoms with Gasteiger partial charge in [0.25, 0.3) is 5.91 Å². The van der Waals surface area contributed by atoms with Gasteiger partial charge in [-0.3, -0.25) is 4.79 Å². The summed E-state index contributed by atoms with van der Waals surface area (Å²) in [6.07, 6.45) is 3.15. The summed E-state index contributed by atoms with van der Waals surface area (Å²) in [4.78, 5) is 20.6. The molecule has 170 valence electrons. The highest BCUT2D eigenvalue weighted by Gasteiger charge is 2.29. The molecule has 2 aromatic heterocycles. The Labute approximate surface area is 190 Å². The number of rotatable bonds is 5. The van der Waals surface area contributed by atoms with Crippen LogP contribution in [0.25, 0.3) is 22.4 Å². The summed E-state index contributed by atoms with van der Waals surface area (Å²) in [5, 5.41) is 2.81. The normalized spacial score (nSPS) is 14.7. The van der Waals surface area contributed by atoms with Crippen LogP contribution in [0, 0.1) is 5.82 Å². The number of sulfonamides is 1. The summed E-state index contributed by atoms with van der Waals surface area (Å²) in [5.41, 5.74) is 2.72. The highest BCUT2D eigenvalue weighted by atomic mass is 32.2. The van der Waals surface area contributed by atoms with Crippen LogP contribution in [0.5, 0.6) is 0 Å². The Balaban J connectivity index is 1.38. The van der Waals surface area contributed by atoms with Crippen LogP contribution in [-0.2, 0) is 17.1 Å². The van der Waals surface area contributed by atoms with Gasteiger partial charge in [-0.1, -0.05) is 12.1 Å². The van der Waals surface area contributed by atoms with Gasteiger partial charge >= 0.3 is 0 Å². The average Bonchev–Trinajstić information content (AvgIpc) is 3.53. The first kappa shape index (κ1) is 21.4. The minimum absolute atomic E-state index is 0.112. The van der Waals surface area contributed by atoms with Crippen LogP contribution in [0.1, 0.15) is 23.3 Å². The summed E-state index contributed by atoms with van der Waals surface area (Å²) in [6, 6.07) is 12.7. The van der Waals surface area contributed by atoms with Crippen LogP contribution in [0.3, 0.4) is 0 Å². The van der Waals surface area contributed by atoms with E-state index in [2.05, 4.69) is 15.3 Å². The van der Waals surface area contributed by atoms with Crippen LogP contribution < -0.4 is 5.32 Å². The molecule has 0 unspecified atom stereocenters. The van der Waals surface area contributed by atoms with Gasteiger partial charge in [0.15, 0.2) is 0 Å². The molecule has 33 heavy (non-hydrogen) atoms. The number of halogens is 1.